The van der Waals surface area contributed by atoms with Gasteiger partial charge in [-0.25, -0.2) is 9.97 Å². The van der Waals surface area contributed by atoms with Crippen molar-refractivity contribution in [2.45, 2.75) is 12.5 Å². The number of hydrogen-bond acceptors (Lipinski definition) is 4. The van der Waals surface area contributed by atoms with Crippen LogP contribution in [0.1, 0.15) is 5.56 Å². The zero-order valence-corrected chi connectivity index (χ0v) is 13.1. The van der Waals surface area contributed by atoms with E-state index in [4.69, 9.17) is 0 Å². The zero-order chi connectivity index (χ0) is 16.6. The van der Waals surface area contributed by atoms with Crippen LogP contribution in [0.3, 0.4) is 0 Å². The van der Waals surface area contributed by atoms with E-state index in [1.807, 2.05) is 60.7 Å². The molecule has 24 heavy (non-hydrogen) atoms. The molecule has 0 aliphatic rings. The molecule has 1 heterocycles. The first-order valence-electron chi connectivity index (χ1n) is 7.74. The Bertz CT molecular complexity index is 722. The van der Waals surface area contributed by atoms with E-state index in [0.29, 0.717) is 12.4 Å². The highest BCUT2D eigenvalue weighted by Crippen LogP contribution is 2.11. The summed E-state index contributed by atoms with van der Waals surface area (Å²) in [5, 5.41) is 6.04. The predicted octanol–water partition coefficient (Wildman–Crippen LogP) is 3.14. The third kappa shape index (κ3) is 4.39. The van der Waals surface area contributed by atoms with Crippen LogP contribution in [0, 0.1) is 0 Å². The van der Waals surface area contributed by atoms with Crippen LogP contribution in [0.15, 0.2) is 79.1 Å². The number of hydrogen-bond donors (Lipinski definition) is 2. The summed E-state index contributed by atoms with van der Waals surface area (Å²) in [5.74, 6) is 0.305. The SMILES string of the molecule is O=C(Nc1ccccc1)[C@@H](Cc1ccccc1)Nc1ncccn1. The van der Waals surface area contributed by atoms with Crippen LogP contribution < -0.4 is 10.6 Å². The first-order chi connectivity index (χ1) is 11.8. The third-order valence-corrected chi connectivity index (χ3v) is 3.51. The maximum Gasteiger partial charge on any atom is 0.247 e. The number of aromatic nitrogens is 2. The van der Waals surface area contributed by atoms with E-state index >= 15 is 0 Å². The third-order valence-electron chi connectivity index (χ3n) is 3.51. The number of rotatable bonds is 6. The molecule has 3 aromatic rings. The minimum atomic E-state index is -0.477. The highest BCUT2D eigenvalue weighted by Gasteiger charge is 2.20. The molecule has 3 rings (SSSR count). The second-order valence-corrected chi connectivity index (χ2v) is 5.31. The minimum Gasteiger partial charge on any atom is -0.342 e. The van der Waals surface area contributed by atoms with Crippen LogP contribution in [0.25, 0.3) is 0 Å². The van der Waals surface area contributed by atoms with Crippen molar-refractivity contribution in [1.29, 1.82) is 0 Å². The number of benzene rings is 2. The fraction of sp³-hybridized carbons (Fsp3) is 0.105. The molecule has 0 aliphatic carbocycles. The number of amides is 1. The molecule has 0 unspecified atom stereocenters. The molecular weight excluding hydrogens is 300 g/mol. The van der Waals surface area contributed by atoms with Gasteiger partial charge in [-0.05, 0) is 23.8 Å². The van der Waals surface area contributed by atoms with Crippen molar-refractivity contribution in [3.63, 3.8) is 0 Å². The maximum atomic E-state index is 12.7. The number of para-hydroxylation sites is 1. The van der Waals surface area contributed by atoms with Gasteiger partial charge in [0.1, 0.15) is 6.04 Å². The molecule has 1 aromatic heterocycles. The van der Waals surface area contributed by atoms with Crippen molar-refractivity contribution in [2.24, 2.45) is 0 Å². The lowest BCUT2D eigenvalue weighted by Gasteiger charge is -2.18. The quantitative estimate of drug-likeness (QED) is 0.733. The average molecular weight is 318 g/mol. The van der Waals surface area contributed by atoms with Gasteiger partial charge in [-0.1, -0.05) is 48.5 Å². The summed E-state index contributed by atoms with van der Waals surface area (Å²) in [6, 6.07) is 20.5. The molecule has 1 atom stereocenters. The summed E-state index contributed by atoms with van der Waals surface area (Å²) in [4.78, 5) is 21.0. The minimum absolute atomic E-state index is 0.127. The summed E-state index contributed by atoms with van der Waals surface area (Å²) >= 11 is 0. The number of nitrogens with zero attached hydrogens (tertiary/aromatic N) is 2. The van der Waals surface area contributed by atoms with E-state index in [2.05, 4.69) is 20.6 Å². The van der Waals surface area contributed by atoms with Crippen LogP contribution in [0.5, 0.6) is 0 Å². The lowest BCUT2D eigenvalue weighted by molar-refractivity contribution is -0.116. The molecule has 0 spiro atoms. The van der Waals surface area contributed by atoms with Crippen LogP contribution in [0.4, 0.5) is 11.6 Å². The van der Waals surface area contributed by atoms with Crippen LogP contribution >= 0.6 is 0 Å². The molecule has 1 amide bonds. The molecule has 0 saturated heterocycles. The van der Waals surface area contributed by atoms with Crippen molar-refractivity contribution < 1.29 is 4.79 Å². The van der Waals surface area contributed by atoms with Gasteiger partial charge in [-0.2, -0.15) is 0 Å². The lowest BCUT2D eigenvalue weighted by Crippen LogP contribution is -2.37. The average Bonchev–Trinajstić information content (AvgIpc) is 2.64. The Labute approximate surface area is 140 Å². The fourth-order valence-corrected chi connectivity index (χ4v) is 2.34. The Kier molecular flexibility index (Phi) is 5.14. The lowest BCUT2D eigenvalue weighted by atomic mass is 10.1. The molecule has 2 N–H and O–H groups in total. The summed E-state index contributed by atoms with van der Waals surface area (Å²) < 4.78 is 0. The molecule has 0 saturated carbocycles. The first kappa shape index (κ1) is 15.7. The highest BCUT2D eigenvalue weighted by molar-refractivity contribution is 5.96. The second-order valence-electron chi connectivity index (χ2n) is 5.31. The standard InChI is InChI=1S/C19H18N4O/c24-18(22-16-10-5-2-6-11-16)17(14-15-8-3-1-4-9-15)23-19-20-12-7-13-21-19/h1-13,17H,14H2,(H,22,24)(H,20,21,23)/t17-/m1/s1. The van der Waals surface area contributed by atoms with E-state index in [-0.39, 0.29) is 5.91 Å². The van der Waals surface area contributed by atoms with Gasteiger partial charge in [0.25, 0.3) is 0 Å². The van der Waals surface area contributed by atoms with Gasteiger partial charge in [0.2, 0.25) is 11.9 Å². The molecule has 120 valence electrons. The number of carbonyl (C=O) groups excluding carboxylic acids is 1. The van der Waals surface area contributed by atoms with E-state index in [9.17, 15) is 4.79 Å². The van der Waals surface area contributed by atoms with E-state index in [0.717, 1.165) is 11.3 Å². The molecule has 0 radical (unpaired) electrons. The summed E-state index contributed by atoms with van der Waals surface area (Å²) in [6.45, 7) is 0. The normalized spacial score (nSPS) is 11.5. The van der Waals surface area contributed by atoms with Crippen molar-refractivity contribution >= 4 is 17.5 Å². The van der Waals surface area contributed by atoms with Crippen LogP contribution in [-0.4, -0.2) is 21.9 Å². The van der Waals surface area contributed by atoms with Gasteiger partial charge in [-0.3, -0.25) is 4.79 Å². The Hall–Kier alpha value is -3.21. The Balaban J connectivity index is 1.76. The van der Waals surface area contributed by atoms with Crippen LogP contribution in [-0.2, 0) is 11.2 Å². The summed E-state index contributed by atoms with van der Waals surface area (Å²) in [5.41, 5.74) is 1.82. The van der Waals surface area contributed by atoms with Crippen molar-refractivity contribution in [3.8, 4) is 0 Å². The van der Waals surface area contributed by atoms with E-state index in [1.165, 1.54) is 0 Å². The molecule has 0 bridgehead atoms. The van der Waals surface area contributed by atoms with E-state index < -0.39 is 6.04 Å². The topological polar surface area (TPSA) is 66.9 Å². The zero-order valence-electron chi connectivity index (χ0n) is 13.1. The molecule has 5 heteroatoms. The van der Waals surface area contributed by atoms with Crippen molar-refractivity contribution in [2.75, 3.05) is 10.6 Å². The van der Waals surface area contributed by atoms with Gasteiger partial charge in [-0.15, -0.1) is 0 Å². The Morgan fingerprint density at radius 1 is 0.875 bits per heavy atom. The van der Waals surface area contributed by atoms with Crippen molar-refractivity contribution in [3.05, 3.63) is 84.7 Å². The van der Waals surface area contributed by atoms with Gasteiger partial charge in [0.05, 0.1) is 0 Å². The summed E-state index contributed by atoms with van der Waals surface area (Å²) in [6.07, 6.45) is 3.83. The number of anilines is 2. The first-order valence-corrected chi connectivity index (χ1v) is 7.74. The van der Waals surface area contributed by atoms with Gasteiger partial charge in [0, 0.05) is 24.5 Å². The Morgan fingerprint density at radius 2 is 1.50 bits per heavy atom. The summed E-state index contributed by atoms with van der Waals surface area (Å²) in [7, 11) is 0. The number of carbonyl (C=O) groups is 1. The maximum absolute atomic E-state index is 12.7. The predicted molar refractivity (Wildman–Crippen MR) is 94.7 cm³/mol. The smallest absolute Gasteiger partial charge is 0.247 e. The largest absolute Gasteiger partial charge is 0.342 e. The van der Waals surface area contributed by atoms with Gasteiger partial charge < -0.3 is 10.6 Å². The molecule has 2 aromatic carbocycles. The Morgan fingerprint density at radius 3 is 2.17 bits per heavy atom. The molecular formula is C19H18N4O. The fourth-order valence-electron chi connectivity index (χ4n) is 2.34. The second kappa shape index (κ2) is 7.87. The number of nitrogens with one attached hydrogen (secondary N) is 2. The molecule has 0 aliphatic heterocycles. The molecule has 5 nitrogen and oxygen atoms in total. The highest BCUT2D eigenvalue weighted by atomic mass is 16.2. The van der Waals surface area contributed by atoms with Gasteiger partial charge in [0.15, 0.2) is 0 Å². The van der Waals surface area contributed by atoms with Crippen molar-refractivity contribution in [1.82, 2.24) is 9.97 Å². The van der Waals surface area contributed by atoms with E-state index in [1.54, 1.807) is 18.5 Å². The molecule has 0 fully saturated rings. The van der Waals surface area contributed by atoms with Crippen LogP contribution in [0.2, 0.25) is 0 Å². The van der Waals surface area contributed by atoms with Gasteiger partial charge >= 0.3 is 0 Å². The monoisotopic (exact) mass is 318 g/mol.